The normalized spacial score (nSPS) is 11.5. The molecule has 2 aromatic rings. The van der Waals surface area contributed by atoms with Gasteiger partial charge in [0.15, 0.2) is 0 Å². The second kappa shape index (κ2) is 5.32. The summed E-state index contributed by atoms with van der Waals surface area (Å²) in [5, 5.41) is 9.11. The van der Waals surface area contributed by atoms with Crippen molar-refractivity contribution in [3.8, 4) is 0 Å². The van der Waals surface area contributed by atoms with Gasteiger partial charge in [0.05, 0.1) is 6.61 Å². The first-order valence-corrected chi connectivity index (χ1v) is 8.02. The summed E-state index contributed by atoms with van der Waals surface area (Å²) in [7, 11) is -3.58. The monoisotopic (exact) mass is 297 g/mol. The Kier molecular flexibility index (Phi) is 3.93. The molecule has 0 aliphatic rings. The van der Waals surface area contributed by atoms with Crippen molar-refractivity contribution in [1.82, 2.24) is 0 Å². The van der Waals surface area contributed by atoms with Crippen molar-refractivity contribution in [2.75, 3.05) is 4.72 Å². The van der Waals surface area contributed by atoms with E-state index in [0.717, 1.165) is 22.5 Å². The Labute approximate surface area is 116 Å². The Hall–Kier alpha value is -1.37. The molecule has 0 bridgehead atoms. The Morgan fingerprint density at radius 2 is 1.84 bits per heavy atom. The number of aliphatic hydroxyl groups is 1. The van der Waals surface area contributed by atoms with Gasteiger partial charge in [-0.1, -0.05) is 17.7 Å². The molecule has 2 N–H and O–H groups in total. The van der Waals surface area contributed by atoms with Gasteiger partial charge in [-0.25, -0.2) is 8.42 Å². The molecule has 0 atom stereocenters. The molecule has 4 nitrogen and oxygen atoms in total. The van der Waals surface area contributed by atoms with E-state index in [1.807, 2.05) is 19.1 Å². The number of hydrogen-bond donors (Lipinski definition) is 2. The highest BCUT2D eigenvalue weighted by atomic mass is 32.2. The minimum Gasteiger partial charge on any atom is -0.391 e. The highest BCUT2D eigenvalue weighted by molar-refractivity contribution is 7.94. The number of aliphatic hydroxyl groups excluding tert-OH is 1. The number of benzene rings is 1. The number of nitrogens with one attached hydrogen (secondary N) is 1. The van der Waals surface area contributed by atoms with E-state index < -0.39 is 10.0 Å². The van der Waals surface area contributed by atoms with Gasteiger partial charge in [-0.2, -0.15) is 0 Å². The van der Waals surface area contributed by atoms with Crippen molar-refractivity contribution < 1.29 is 13.5 Å². The predicted octanol–water partition coefficient (Wildman–Crippen LogP) is 2.66. The van der Waals surface area contributed by atoms with E-state index in [1.165, 1.54) is 0 Å². The summed E-state index contributed by atoms with van der Waals surface area (Å²) >= 11 is 1.09. The third-order valence-corrected chi connectivity index (χ3v) is 5.79. The number of sulfonamides is 1. The quantitative estimate of drug-likeness (QED) is 0.911. The summed E-state index contributed by atoms with van der Waals surface area (Å²) < 4.78 is 27.1. The Balaban J connectivity index is 2.29. The number of aryl methyl sites for hydroxylation is 2. The Morgan fingerprint density at radius 3 is 2.37 bits per heavy atom. The fraction of sp³-hybridized carbons (Fsp3) is 0.231. The SMILES string of the molecule is Cc1ccc(NS(=O)(=O)c2cc(C)c(CO)s2)cc1. The van der Waals surface area contributed by atoms with Crippen molar-refractivity contribution in [2.45, 2.75) is 24.7 Å². The lowest BCUT2D eigenvalue weighted by Crippen LogP contribution is -2.11. The van der Waals surface area contributed by atoms with Gasteiger partial charge in [0.25, 0.3) is 10.0 Å². The summed E-state index contributed by atoms with van der Waals surface area (Å²) in [5.41, 5.74) is 2.39. The maximum atomic E-state index is 12.2. The average Bonchev–Trinajstić information content (AvgIpc) is 2.74. The van der Waals surface area contributed by atoms with Crippen LogP contribution in [0.5, 0.6) is 0 Å². The van der Waals surface area contributed by atoms with E-state index in [0.29, 0.717) is 10.6 Å². The third kappa shape index (κ3) is 3.15. The van der Waals surface area contributed by atoms with Crippen molar-refractivity contribution >= 4 is 27.0 Å². The lowest BCUT2D eigenvalue weighted by Gasteiger charge is -2.06. The summed E-state index contributed by atoms with van der Waals surface area (Å²) in [6, 6.07) is 8.71. The van der Waals surface area contributed by atoms with Crippen LogP contribution in [-0.2, 0) is 16.6 Å². The van der Waals surface area contributed by atoms with Gasteiger partial charge >= 0.3 is 0 Å². The Morgan fingerprint density at radius 1 is 1.21 bits per heavy atom. The average molecular weight is 297 g/mol. The molecular formula is C13H15NO3S2. The van der Waals surface area contributed by atoms with Crippen LogP contribution >= 0.6 is 11.3 Å². The molecule has 1 aromatic carbocycles. The molecule has 0 saturated carbocycles. The first-order valence-electron chi connectivity index (χ1n) is 5.72. The topological polar surface area (TPSA) is 66.4 Å². The minimum absolute atomic E-state index is 0.142. The molecule has 0 amide bonds. The summed E-state index contributed by atoms with van der Waals surface area (Å²) in [5.74, 6) is 0. The highest BCUT2D eigenvalue weighted by Gasteiger charge is 2.18. The van der Waals surface area contributed by atoms with Gasteiger partial charge in [0, 0.05) is 10.6 Å². The minimum atomic E-state index is -3.58. The maximum absolute atomic E-state index is 12.2. The van der Waals surface area contributed by atoms with E-state index in [1.54, 1.807) is 25.1 Å². The third-order valence-electron chi connectivity index (χ3n) is 2.71. The smallest absolute Gasteiger partial charge is 0.271 e. The molecule has 19 heavy (non-hydrogen) atoms. The largest absolute Gasteiger partial charge is 0.391 e. The first-order chi connectivity index (χ1) is 8.92. The van der Waals surface area contributed by atoms with Crippen LogP contribution in [0.2, 0.25) is 0 Å². The highest BCUT2D eigenvalue weighted by Crippen LogP contribution is 2.27. The number of anilines is 1. The molecule has 102 valence electrons. The fourth-order valence-electron chi connectivity index (χ4n) is 1.61. The second-order valence-corrected chi connectivity index (χ2v) is 7.35. The van der Waals surface area contributed by atoms with Gasteiger partial charge < -0.3 is 5.11 Å². The molecule has 2 rings (SSSR count). The van der Waals surface area contributed by atoms with Gasteiger partial charge in [-0.15, -0.1) is 11.3 Å². The van der Waals surface area contributed by atoms with Gasteiger partial charge in [0.2, 0.25) is 0 Å². The molecule has 0 unspecified atom stereocenters. The standard InChI is InChI=1S/C13H15NO3S2/c1-9-3-5-11(6-4-9)14-19(16,17)13-7-10(2)12(8-15)18-13/h3-7,14-15H,8H2,1-2H3. The molecule has 6 heteroatoms. The number of hydrogen-bond acceptors (Lipinski definition) is 4. The maximum Gasteiger partial charge on any atom is 0.271 e. The van der Waals surface area contributed by atoms with Gasteiger partial charge in [0.1, 0.15) is 4.21 Å². The molecule has 0 spiro atoms. The molecule has 0 saturated heterocycles. The van der Waals surface area contributed by atoms with Crippen LogP contribution in [0.3, 0.4) is 0 Å². The molecule has 0 radical (unpaired) electrons. The van der Waals surface area contributed by atoms with Crippen molar-refractivity contribution in [3.05, 3.63) is 46.3 Å². The summed E-state index contributed by atoms with van der Waals surface area (Å²) in [6.45, 7) is 3.58. The lowest BCUT2D eigenvalue weighted by atomic mass is 10.2. The number of rotatable bonds is 4. The lowest BCUT2D eigenvalue weighted by molar-refractivity contribution is 0.285. The van der Waals surface area contributed by atoms with Crippen LogP contribution in [0.4, 0.5) is 5.69 Å². The van der Waals surface area contributed by atoms with Gasteiger partial charge in [-0.05, 0) is 37.6 Å². The van der Waals surface area contributed by atoms with E-state index in [-0.39, 0.29) is 10.8 Å². The first kappa shape index (κ1) is 14.0. The van der Waals surface area contributed by atoms with Gasteiger partial charge in [-0.3, -0.25) is 4.72 Å². The van der Waals surface area contributed by atoms with Crippen LogP contribution in [0, 0.1) is 13.8 Å². The molecule has 0 aliphatic carbocycles. The van der Waals surface area contributed by atoms with E-state index in [4.69, 9.17) is 5.11 Å². The molecule has 1 aromatic heterocycles. The van der Waals surface area contributed by atoms with E-state index >= 15 is 0 Å². The molecule has 0 fully saturated rings. The van der Waals surface area contributed by atoms with Crippen molar-refractivity contribution in [3.63, 3.8) is 0 Å². The predicted molar refractivity (Wildman–Crippen MR) is 77.0 cm³/mol. The second-order valence-electron chi connectivity index (χ2n) is 4.30. The molecule has 0 aliphatic heterocycles. The van der Waals surface area contributed by atoms with Crippen LogP contribution in [-0.4, -0.2) is 13.5 Å². The molecular weight excluding hydrogens is 282 g/mol. The van der Waals surface area contributed by atoms with Crippen molar-refractivity contribution in [2.24, 2.45) is 0 Å². The summed E-state index contributed by atoms with van der Waals surface area (Å²) in [4.78, 5) is 0.671. The van der Waals surface area contributed by atoms with Crippen LogP contribution in [0.25, 0.3) is 0 Å². The zero-order valence-corrected chi connectivity index (χ0v) is 12.3. The summed E-state index contributed by atoms with van der Waals surface area (Å²) in [6.07, 6.45) is 0. The van der Waals surface area contributed by atoms with Crippen LogP contribution in [0.1, 0.15) is 16.0 Å². The van der Waals surface area contributed by atoms with Crippen LogP contribution < -0.4 is 4.72 Å². The molecule has 1 heterocycles. The van der Waals surface area contributed by atoms with E-state index in [9.17, 15) is 8.42 Å². The Bertz CT molecular complexity index is 672. The zero-order chi connectivity index (χ0) is 14.0. The van der Waals surface area contributed by atoms with E-state index in [2.05, 4.69) is 4.72 Å². The van der Waals surface area contributed by atoms with Crippen molar-refractivity contribution in [1.29, 1.82) is 0 Å². The van der Waals surface area contributed by atoms with Crippen LogP contribution in [0.15, 0.2) is 34.5 Å². The fourth-order valence-corrected chi connectivity index (χ4v) is 4.11. The number of thiophene rings is 1. The zero-order valence-electron chi connectivity index (χ0n) is 10.7.